The lowest BCUT2D eigenvalue weighted by molar-refractivity contribution is -0.142. The van der Waals surface area contributed by atoms with Crippen LogP contribution < -0.4 is 0 Å². The van der Waals surface area contributed by atoms with Gasteiger partial charge in [-0.2, -0.15) is 0 Å². The van der Waals surface area contributed by atoms with Crippen LogP contribution in [0.25, 0.3) is 0 Å². The summed E-state index contributed by atoms with van der Waals surface area (Å²) in [5.74, 6) is -0.0395. The summed E-state index contributed by atoms with van der Waals surface area (Å²) < 4.78 is 10.3. The molecule has 0 aromatic carbocycles. The van der Waals surface area contributed by atoms with Gasteiger partial charge >= 0.3 is 5.97 Å². The number of hydrogen-bond acceptors (Lipinski definition) is 3. The normalized spacial score (nSPS) is 13.0. The summed E-state index contributed by atoms with van der Waals surface area (Å²) >= 11 is 0. The standard InChI is InChI=1S/C26H40O3/c1-4-7-8-9-10-11-12-13-14-15-16-17-18-19-20-21-22-23-24-25(28-5-2)26(27)29-6-3/h7-8,10-11,13-14,16-17,19-20,24H,4-6,9,12,15,18,21-23H2,1-3H3/b8-7+,11-10+,14-13+,17-16+,20-19+,25-24-. The van der Waals surface area contributed by atoms with E-state index in [1.165, 1.54) is 0 Å². The van der Waals surface area contributed by atoms with Crippen LogP contribution >= 0.6 is 0 Å². The Hall–Kier alpha value is -2.29. The monoisotopic (exact) mass is 400 g/mol. The zero-order valence-corrected chi connectivity index (χ0v) is 18.6. The molecule has 0 fully saturated rings. The van der Waals surface area contributed by atoms with Crippen LogP contribution in [-0.4, -0.2) is 19.2 Å². The fourth-order valence-electron chi connectivity index (χ4n) is 2.40. The Kier molecular flexibility index (Phi) is 20.3. The highest BCUT2D eigenvalue weighted by Gasteiger charge is 2.10. The maximum absolute atomic E-state index is 11.7. The van der Waals surface area contributed by atoms with Crippen LogP contribution in [0.4, 0.5) is 0 Å². The zero-order valence-electron chi connectivity index (χ0n) is 18.6. The molecule has 3 heteroatoms. The number of esters is 1. The Morgan fingerprint density at radius 2 is 1.10 bits per heavy atom. The Balaban J connectivity index is 3.79. The summed E-state index contributed by atoms with van der Waals surface area (Å²) in [6, 6.07) is 0. The molecule has 0 radical (unpaired) electrons. The SMILES string of the molecule is CC/C=C/C/C=C/C/C=C/C/C=C/C/C=C/CCC/C=C(\OCC)C(=O)OCC. The van der Waals surface area contributed by atoms with Gasteiger partial charge in [0.2, 0.25) is 5.76 Å². The predicted molar refractivity (Wildman–Crippen MR) is 125 cm³/mol. The van der Waals surface area contributed by atoms with Crippen LogP contribution in [0, 0.1) is 0 Å². The average molecular weight is 401 g/mol. The van der Waals surface area contributed by atoms with Crippen molar-refractivity contribution >= 4 is 5.97 Å². The van der Waals surface area contributed by atoms with Crippen LogP contribution in [0.15, 0.2) is 72.6 Å². The lowest BCUT2D eigenvalue weighted by Gasteiger charge is -2.07. The number of carbonyl (C=O) groups is 1. The van der Waals surface area contributed by atoms with E-state index in [0.717, 1.165) is 51.4 Å². The molecule has 0 saturated carbocycles. The quantitative estimate of drug-likeness (QED) is 0.0839. The van der Waals surface area contributed by atoms with Crippen LogP contribution in [-0.2, 0) is 14.3 Å². The lowest BCUT2D eigenvalue weighted by Crippen LogP contribution is -2.10. The first-order valence-electron chi connectivity index (χ1n) is 11.0. The highest BCUT2D eigenvalue weighted by Crippen LogP contribution is 2.07. The van der Waals surface area contributed by atoms with Crippen molar-refractivity contribution in [3.05, 3.63) is 72.6 Å². The summed E-state index contributed by atoms with van der Waals surface area (Å²) in [4.78, 5) is 11.7. The van der Waals surface area contributed by atoms with Gasteiger partial charge in [0, 0.05) is 0 Å². The van der Waals surface area contributed by atoms with Gasteiger partial charge in [0.15, 0.2) is 0 Å². The van der Waals surface area contributed by atoms with Crippen molar-refractivity contribution in [3.8, 4) is 0 Å². The first-order valence-corrected chi connectivity index (χ1v) is 11.0. The topological polar surface area (TPSA) is 35.5 Å². The van der Waals surface area contributed by atoms with E-state index in [-0.39, 0.29) is 5.97 Å². The number of ether oxygens (including phenoxy) is 2. The molecule has 0 rings (SSSR count). The van der Waals surface area contributed by atoms with Gasteiger partial charge in [-0.1, -0.05) is 67.7 Å². The summed E-state index contributed by atoms with van der Waals surface area (Å²) in [6.45, 7) is 6.65. The average Bonchev–Trinajstić information content (AvgIpc) is 2.72. The molecule has 0 aliphatic rings. The summed E-state index contributed by atoms with van der Waals surface area (Å²) in [6.07, 6.45) is 31.7. The van der Waals surface area contributed by atoms with Crippen LogP contribution in [0.1, 0.15) is 72.1 Å². The van der Waals surface area contributed by atoms with Gasteiger partial charge < -0.3 is 9.47 Å². The third-order valence-electron chi connectivity index (χ3n) is 3.84. The van der Waals surface area contributed by atoms with Gasteiger partial charge in [0.1, 0.15) is 0 Å². The third-order valence-corrected chi connectivity index (χ3v) is 3.84. The maximum atomic E-state index is 11.7. The molecule has 0 aromatic heterocycles. The highest BCUT2D eigenvalue weighted by atomic mass is 16.6. The van der Waals surface area contributed by atoms with E-state index in [9.17, 15) is 4.79 Å². The van der Waals surface area contributed by atoms with E-state index in [2.05, 4.69) is 67.7 Å². The summed E-state index contributed by atoms with van der Waals surface area (Å²) in [5, 5.41) is 0. The molecular formula is C26H40O3. The van der Waals surface area contributed by atoms with Gasteiger partial charge in [0.05, 0.1) is 13.2 Å². The van der Waals surface area contributed by atoms with Gasteiger partial charge in [-0.3, -0.25) is 0 Å². The van der Waals surface area contributed by atoms with E-state index in [4.69, 9.17) is 9.47 Å². The molecule has 162 valence electrons. The van der Waals surface area contributed by atoms with Crippen LogP contribution in [0.2, 0.25) is 0 Å². The second kappa shape index (κ2) is 22.0. The van der Waals surface area contributed by atoms with E-state index in [1.54, 1.807) is 6.92 Å². The van der Waals surface area contributed by atoms with Crippen molar-refractivity contribution in [3.63, 3.8) is 0 Å². The number of rotatable bonds is 17. The molecule has 0 heterocycles. The Morgan fingerprint density at radius 3 is 1.59 bits per heavy atom. The smallest absolute Gasteiger partial charge is 0.373 e. The van der Waals surface area contributed by atoms with Gasteiger partial charge in [-0.05, 0) is 71.3 Å². The predicted octanol–water partition coefficient (Wildman–Crippen LogP) is 7.39. The first kappa shape index (κ1) is 26.7. The van der Waals surface area contributed by atoms with Crippen molar-refractivity contribution in [2.45, 2.75) is 72.1 Å². The lowest BCUT2D eigenvalue weighted by atomic mass is 10.2. The number of hydrogen-bond donors (Lipinski definition) is 0. The second-order valence-electron chi connectivity index (χ2n) is 6.36. The van der Waals surface area contributed by atoms with Gasteiger partial charge in [-0.25, -0.2) is 4.79 Å². The molecule has 0 bridgehead atoms. The Bertz CT molecular complexity index is 563. The van der Waals surface area contributed by atoms with Crippen molar-refractivity contribution in [2.24, 2.45) is 0 Å². The highest BCUT2D eigenvalue weighted by molar-refractivity contribution is 5.86. The molecule has 0 aromatic rings. The van der Waals surface area contributed by atoms with E-state index in [0.29, 0.717) is 19.0 Å². The second-order valence-corrected chi connectivity index (χ2v) is 6.36. The molecule has 0 N–H and O–H groups in total. The number of unbranched alkanes of at least 4 members (excludes halogenated alkanes) is 2. The molecule has 0 aliphatic heterocycles. The Morgan fingerprint density at radius 1 is 0.621 bits per heavy atom. The first-order chi connectivity index (χ1) is 14.3. The van der Waals surface area contributed by atoms with E-state index >= 15 is 0 Å². The van der Waals surface area contributed by atoms with E-state index in [1.807, 2.05) is 13.0 Å². The van der Waals surface area contributed by atoms with Gasteiger partial charge in [-0.15, -0.1) is 0 Å². The van der Waals surface area contributed by atoms with Crippen molar-refractivity contribution in [2.75, 3.05) is 13.2 Å². The summed E-state index contributed by atoms with van der Waals surface area (Å²) in [5.41, 5.74) is 0. The minimum Gasteiger partial charge on any atom is -0.487 e. The number of carbonyl (C=O) groups excluding carboxylic acids is 1. The molecular weight excluding hydrogens is 360 g/mol. The van der Waals surface area contributed by atoms with Crippen molar-refractivity contribution in [1.29, 1.82) is 0 Å². The van der Waals surface area contributed by atoms with Crippen LogP contribution in [0.5, 0.6) is 0 Å². The fourth-order valence-corrected chi connectivity index (χ4v) is 2.40. The zero-order chi connectivity index (χ0) is 21.4. The molecule has 0 atom stereocenters. The van der Waals surface area contributed by atoms with Crippen molar-refractivity contribution < 1.29 is 14.3 Å². The molecule has 0 aliphatic carbocycles. The van der Waals surface area contributed by atoms with Crippen molar-refractivity contribution in [1.82, 2.24) is 0 Å². The molecule has 3 nitrogen and oxygen atoms in total. The Labute approximate surface area is 178 Å². The largest absolute Gasteiger partial charge is 0.487 e. The van der Waals surface area contributed by atoms with E-state index < -0.39 is 0 Å². The minimum atomic E-state index is -0.371. The third kappa shape index (κ3) is 18.8. The van der Waals surface area contributed by atoms with Crippen LogP contribution in [0.3, 0.4) is 0 Å². The maximum Gasteiger partial charge on any atom is 0.373 e. The number of allylic oxidation sites excluding steroid dienone is 11. The molecule has 0 spiro atoms. The fraction of sp³-hybridized carbons (Fsp3) is 0.500. The minimum absolute atomic E-state index is 0.332. The molecule has 0 saturated heterocycles. The molecule has 29 heavy (non-hydrogen) atoms. The molecule has 0 amide bonds. The van der Waals surface area contributed by atoms with Gasteiger partial charge in [0.25, 0.3) is 0 Å². The molecule has 0 unspecified atom stereocenters. The summed E-state index contributed by atoms with van der Waals surface area (Å²) in [7, 11) is 0.